The molecule has 2 rings (SSSR count). The van der Waals surface area contributed by atoms with Gasteiger partial charge >= 0.3 is 0 Å². The number of rotatable bonds is 3. The van der Waals surface area contributed by atoms with Gasteiger partial charge in [-0.3, -0.25) is 0 Å². The van der Waals surface area contributed by atoms with Gasteiger partial charge in [-0.05, 0) is 11.1 Å². The van der Waals surface area contributed by atoms with Crippen molar-refractivity contribution < 1.29 is 0 Å². The summed E-state index contributed by atoms with van der Waals surface area (Å²) in [6.07, 6.45) is 0.577. The van der Waals surface area contributed by atoms with Gasteiger partial charge in [-0.1, -0.05) is 24.3 Å². The summed E-state index contributed by atoms with van der Waals surface area (Å²) in [4.78, 5) is 0. The number of hydrogen-bond donors (Lipinski definition) is 3. The second-order valence-electron chi connectivity index (χ2n) is 3.49. The summed E-state index contributed by atoms with van der Waals surface area (Å²) in [5.74, 6) is 6.51. The minimum Gasteiger partial charge on any atom is -0.366 e. The number of nitrogens with two attached hydrogens (primary N) is 3. The average Bonchev–Trinajstić information content (AvgIpc) is 2.62. The van der Waals surface area contributed by atoms with Gasteiger partial charge < -0.3 is 17.3 Å². The van der Waals surface area contributed by atoms with E-state index >= 15 is 0 Å². The predicted molar refractivity (Wildman–Crippen MR) is 61.7 cm³/mol. The smallest absolute Gasteiger partial charge is 0.240 e. The van der Waals surface area contributed by atoms with Crippen LogP contribution >= 0.6 is 0 Å². The summed E-state index contributed by atoms with van der Waals surface area (Å²) in [5, 5.41) is 7.61. The van der Waals surface area contributed by atoms with E-state index in [0.717, 1.165) is 11.1 Å². The highest BCUT2D eigenvalue weighted by Gasteiger charge is 2.09. The number of anilines is 1. The van der Waals surface area contributed by atoms with Crippen molar-refractivity contribution in [3.05, 3.63) is 41.2 Å². The first kappa shape index (κ1) is 10.4. The average molecular weight is 218 g/mol. The molecule has 0 amide bonds. The summed E-state index contributed by atoms with van der Waals surface area (Å²) < 4.78 is 1.29. The highest BCUT2D eigenvalue weighted by Crippen LogP contribution is 2.12. The summed E-state index contributed by atoms with van der Waals surface area (Å²) in [6, 6.07) is 7.88. The summed E-state index contributed by atoms with van der Waals surface area (Å²) in [6.45, 7) is 0.490. The Bertz CT molecular complexity index is 490. The van der Waals surface area contributed by atoms with Gasteiger partial charge in [-0.25, -0.2) is 4.68 Å². The number of benzene rings is 1. The molecule has 0 saturated carbocycles. The molecule has 0 aliphatic rings. The molecule has 0 bridgehead atoms. The molecular weight excluding hydrogens is 204 g/mol. The molecule has 0 aliphatic heterocycles. The van der Waals surface area contributed by atoms with Crippen molar-refractivity contribution >= 4 is 5.95 Å². The molecule has 0 fully saturated rings. The Balaban J connectivity index is 2.30. The third kappa shape index (κ3) is 1.82. The zero-order valence-corrected chi connectivity index (χ0v) is 8.80. The molecule has 0 unspecified atom stereocenters. The minimum atomic E-state index is 0.209. The number of hydrogen-bond acceptors (Lipinski definition) is 5. The third-order valence-corrected chi connectivity index (χ3v) is 2.48. The molecule has 6 N–H and O–H groups in total. The molecule has 84 valence electrons. The molecule has 6 nitrogen and oxygen atoms in total. The van der Waals surface area contributed by atoms with Crippen LogP contribution in [-0.4, -0.2) is 14.9 Å². The number of nitrogens with zero attached hydrogens (tertiary/aromatic N) is 3. The number of nitrogen functional groups attached to an aromatic ring is 2. The fourth-order valence-electron chi connectivity index (χ4n) is 1.56. The Morgan fingerprint density at radius 2 is 1.81 bits per heavy atom. The molecule has 0 spiro atoms. The highest BCUT2D eigenvalue weighted by molar-refractivity contribution is 5.30. The lowest BCUT2D eigenvalue weighted by atomic mass is 10.0. The standard InChI is InChI=1S/C10H14N6/c11-6-8-4-2-1-3-7(8)5-9-14-15-10(12)16(9)13/h1-4H,5-6,11,13H2,(H2,12,15). The van der Waals surface area contributed by atoms with E-state index < -0.39 is 0 Å². The van der Waals surface area contributed by atoms with Crippen molar-refractivity contribution in [2.45, 2.75) is 13.0 Å². The van der Waals surface area contributed by atoms with E-state index in [-0.39, 0.29) is 5.95 Å². The molecule has 1 aromatic carbocycles. The van der Waals surface area contributed by atoms with E-state index in [4.69, 9.17) is 17.3 Å². The molecule has 1 heterocycles. The normalized spacial score (nSPS) is 10.6. The maximum absolute atomic E-state index is 5.68. The van der Waals surface area contributed by atoms with Crippen LogP contribution in [0, 0.1) is 0 Å². The molecule has 16 heavy (non-hydrogen) atoms. The van der Waals surface area contributed by atoms with E-state index in [1.54, 1.807) is 0 Å². The lowest BCUT2D eigenvalue weighted by Gasteiger charge is -2.06. The van der Waals surface area contributed by atoms with Gasteiger partial charge in [0.15, 0.2) is 5.82 Å². The molecule has 0 atom stereocenters. The first-order chi connectivity index (χ1) is 7.72. The molecule has 1 aromatic heterocycles. The Labute approximate surface area is 93.0 Å². The van der Waals surface area contributed by atoms with E-state index in [2.05, 4.69) is 10.2 Å². The van der Waals surface area contributed by atoms with Gasteiger partial charge in [0, 0.05) is 13.0 Å². The van der Waals surface area contributed by atoms with Crippen LogP contribution in [0.15, 0.2) is 24.3 Å². The monoisotopic (exact) mass is 218 g/mol. The largest absolute Gasteiger partial charge is 0.366 e. The highest BCUT2D eigenvalue weighted by atomic mass is 15.4. The molecule has 6 heteroatoms. The van der Waals surface area contributed by atoms with E-state index in [1.165, 1.54) is 4.68 Å². The van der Waals surface area contributed by atoms with Crippen molar-refractivity contribution in [1.82, 2.24) is 14.9 Å². The topological polar surface area (TPSA) is 109 Å². The summed E-state index contributed by atoms with van der Waals surface area (Å²) in [5.41, 5.74) is 13.3. The maximum Gasteiger partial charge on any atom is 0.240 e. The minimum absolute atomic E-state index is 0.209. The Kier molecular flexibility index (Phi) is 2.74. The fourth-order valence-corrected chi connectivity index (χ4v) is 1.56. The van der Waals surface area contributed by atoms with Crippen molar-refractivity contribution in [3.63, 3.8) is 0 Å². The lowest BCUT2D eigenvalue weighted by Crippen LogP contribution is -2.16. The Morgan fingerprint density at radius 3 is 2.38 bits per heavy atom. The summed E-state index contributed by atoms with van der Waals surface area (Å²) >= 11 is 0. The lowest BCUT2D eigenvalue weighted by molar-refractivity contribution is 0.867. The van der Waals surface area contributed by atoms with Gasteiger partial charge in [0.05, 0.1) is 0 Å². The molecule has 0 radical (unpaired) electrons. The second-order valence-corrected chi connectivity index (χ2v) is 3.49. The van der Waals surface area contributed by atoms with Crippen molar-refractivity contribution in [1.29, 1.82) is 0 Å². The van der Waals surface area contributed by atoms with E-state index in [9.17, 15) is 0 Å². The zero-order valence-electron chi connectivity index (χ0n) is 8.80. The van der Waals surface area contributed by atoms with Crippen molar-refractivity contribution in [3.8, 4) is 0 Å². The quantitative estimate of drug-likeness (QED) is 0.609. The van der Waals surface area contributed by atoms with Crippen molar-refractivity contribution in [2.24, 2.45) is 5.73 Å². The zero-order chi connectivity index (χ0) is 11.5. The van der Waals surface area contributed by atoms with Gasteiger partial charge in [-0.2, -0.15) is 0 Å². The number of aromatic nitrogens is 3. The van der Waals surface area contributed by atoms with Crippen molar-refractivity contribution in [2.75, 3.05) is 11.6 Å². The summed E-state index contributed by atoms with van der Waals surface area (Å²) in [7, 11) is 0. The van der Waals surface area contributed by atoms with Crippen LogP contribution in [0.2, 0.25) is 0 Å². The Hall–Kier alpha value is -2.08. The van der Waals surface area contributed by atoms with Gasteiger partial charge in [-0.15, -0.1) is 10.2 Å². The van der Waals surface area contributed by atoms with Crippen LogP contribution in [0.4, 0.5) is 5.95 Å². The van der Waals surface area contributed by atoms with Gasteiger partial charge in [0.2, 0.25) is 5.95 Å². The van der Waals surface area contributed by atoms with Gasteiger partial charge in [0.1, 0.15) is 0 Å². The van der Waals surface area contributed by atoms with Crippen LogP contribution in [0.1, 0.15) is 17.0 Å². The first-order valence-corrected chi connectivity index (χ1v) is 4.94. The third-order valence-electron chi connectivity index (χ3n) is 2.48. The molecule has 0 aliphatic carbocycles. The van der Waals surface area contributed by atoms with Gasteiger partial charge in [0.25, 0.3) is 0 Å². The van der Waals surface area contributed by atoms with Crippen LogP contribution in [0.25, 0.3) is 0 Å². The predicted octanol–water partition coefficient (Wildman–Crippen LogP) is -0.376. The second kappa shape index (κ2) is 4.19. The molecule has 0 saturated heterocycles. The molecular formula is C10H14N6. The maximum atomic E-state index is 5.68. The van der Waals surface area contributed by atoms with Crippen LogP contribution < -0.4 is 17.3 Å². The van der Waals surface area contributed by atoms with E-state index in [0.29, 0.717) is 18.8 Å². The Morgan fingerprint density at radius 1 is 1.12 bits per heavy atom. The first-order valence-electron chi connectivity index (χ1n) is 4.94. The van der Waals surface area contributed by atoms with Crippen LogP contribution in [-0.2, 0) is 13.0 Å². The molecule has 2 aromatic rings. The van der Waals surface area contributed by atoms with E-state index in [1.807, 2.05) is 24.3 Å². The van der Waals surface area contributed by atoms with Crippen LogP contribution in [0.5, 0.6) is 0 Å². The SMILES string of the molecule is NCc1ccccc1Cc1nnc(N)n1N. The fraction of sp³-hybridized carbons (Fsp3) is 0.200. The van der Waals surface area contributed by atoms with Crippen LogP contribution in [0.3, 0.4) is 0 Å².